The molecule has 1 fully saturated rings. The summed E-state index contributed by atoms with van der Waals surface area (Å²) < 4.78 is 0. The highest BCUT2D eigenvalue weighted by molar-refractivity contribution is 5.90. The molecule has 0 radical (unpaired) electrons. The minimum absolute atomic E-state index is 0.149. The highest BCUT2D eigenvalue weighted by Crippen LogP contribution is 2.24. The third-order valence-corrected chi connectivity index (χ3v) is 5.78. The number of hydrogen-bond donors (Lipinski definition) is 1. The number of amides is 1. The number of carbonyl (C=O) groups excluding carboxylic acids is 1. The molecule has 0 bridgehead atoms. The van der Waals surface area contributed by atoms with E-state index in [4.69, 9.17) is 9.97 Å². The van der Waals surface area contributed by atoms with E-state index in [-0.39, 0.29) is 5.91 Å². The van der Waals surface area contributed by atoms with Gasteiger partial charge in [0.1, 0.15) is 11.6 Å². The van der Waals surface area contributed by atoms with Crippen molar-refractivity contribution in [2.45, 2.75) is 6.42 Å². The van der Waals surface area contributed by atoms with E-state index in [1.54, 1.807) is 18.6 Å². The van der Waals surface area contributed by atoms with E-state index in [9.17, 15) is 4.79 Å². The van der Waals surface area contributed by atoms with Crippen molar-refractivity contribution in [1.29, 1.82) is 0 Å². The fourth-order valence-corrected chi connectivity index (χ4v) is 4.01. The van der Waals surface area contributed by atoms with Gasteiger partial charge in [-0.05, 0) is 36.4 Å². The van der Waals surface area contributed by atoms with Crippen LogP contribution in [0.15, 0.2) is 73.2 Å². The van der Waals surface area contributed by atoms with Crippen LogP contribution in [0.25, 0.3) is 22.3 Å². The molecule has 1 amide bonds. The monoisotopic (exact) mass is 439 g/mol. The van der Waals surface area contributed by atoms with Crippen molar-refractivity contribution >= 4 is 28.4 Å². The summed E-state index contributed by atoms with van der Waals surface area (Å²) in [6.45, 7) is 3.51. The molecule has 3 aromatic heterocycles. The van der Waals surface area contributed by atoms with Gasteiger partial charge in [0, 0.05) is 68.7 Å². The fourth-order valence-electron chi connectivity index (χ4n) is 4.01. The van der Waals surface area contributed by atoms with Crippen molar-refractivity contribution in [3.8, 4) is 11.4 Å². The average Bonchev–Trinajstić information content (AvgIpc) is 2.89. The SMILES string of the molecule is O=C(CCNc1nc(-c2ccncc2)nc2ccccc12)N1CCN(c2ccccn2)CC1. The molecule has 0 unspecified atom stereocenters. The Hall–Kier alpha value is -4.07. The van der Waals surface area contributed by atoms with Crippen LogP contribution in [-0.2, 0) is 4.79 Å². The summed E-state index contributed by atoms with van der Waals surface area (Å²) in [6.07, 6.45) is 5.67. The lowest BCUT2D eigenvalue weighted by atomic mass is 10.2. The van der Waals surface area contributed by atoms with Crippen molar-refractivity contribution in [2.75, 3.05) is 42.9 Å². The molecular formula is C25H25N7O. The Kier molecular flexibility index (Phi) is 6.06. The van der Waals surface area contributed by atoms with Crippen LogP contribution in [0.3, 0.4) is 0 Å². The van der Waals surface area contributed by atoms with Gasteiger partial charge in [-0.3, -0.25) is 9.78 Å². The molecule has 5 rings (SSSR count). The topological polar surface area (TPSA) is 87.1 Å². The summed E-state index contributed by atoms with van der Waals surface area (Å²) in [5, 5.41) is 4.30. The highest BCUT2D eigenvalue weighted by atomic mass is 16.2. The minimum atomic E-state index is 0.149. The second-order valence-electron chi connectivity index (χ2n) is 7.88. The summed E-state index contributed by atoms with van der Waals surface area (Å²) in [7, 11) is 0. The number of pyridine rings is 2. The van der Waals surface area contributed by atoms with Gasteiger partial charge in [0.2, 0.25) is 5.91 Å². The molecule has 0 spiro atoms. The number of fused-ring (bicyclic) bond motifs is 1. The van der Waals surface area contributed by atoms with E-state index in [0.717, 1.165) is 41.2 Å². The van der Waals surface area contributed by atoms with Gasteiger partial charge in [-0.25, -0.2) is 15.0 Å². The first-order chi connectivity index (χ1) is 16.3. The second kappa shape index (κ2) is 9.60. The van der Waals surface area contributed by atoms with Gasteiger partial charge in [-0.2, -0.15) is 0 Å². The number of hydrogen-bond acceptors (Lipinski definition) is 7. The largest absolute Gasteiger partial charge is 0.369 e. The number of piperazine rings is 1. The summed E-state index contributed by atoms with van der Waals surface area (Å²) in [4.78, 5) is 34.8. The minimum Gasteiger partial charge on any atom is -0.369 e. The lowest BCUT2D eigenvalue weighted by Gasteiger charge is -2.35. The Morgan fingerprint density at radius 1 is 0.879 bits per heavy atom. The van der Waals surface area contributed by atoms with Crippen LogP contribution in [0.5, 0.6) is 0 Å². The van der Waals surface area contributed by atoms with Gasteiger partial charge in [-0.1, -0.05) is 18.2 Å². The van der Waals surface area contributed by atoms with E-state index in [2.05, 4.69) is 20.2 Å². The molecule has 1 aromatic carbocycles. The van der Waals surface area contributed by atoms with Crippen LogP contribution >= 0.6 is 0 Å². The van der Waals surface area contributed by atoms with E-state index in [1.165, 1.54) is 0 Å². The molecule has 4 aromatic rings. The van der Waals surface area contributed by atoms with Gasteiger partial charge < -0.3 is 15.1 Å². The number of carbonyl (C=O) groups is 1. The Morgan fingerprint density at radius 2 is 1.67 bits per heavy atom. The van der Waals surface area contributed by atoms with Crippen molar-refractivity contribution in [1.82, 2.24) is 24.8 Å². The van der Waals surface area contributed by atoms with Gasteiger partial charge in [0.25, 0.3) is 0 Å². The van der Waals surface area contributed by atoms with Gasteiger partial charge in [0.05, 0.1) is 5.52 Å². The molecule has 33 heavy (non-hydrogen) atoms. The molecule has 1 saturated heterocycles. The summed E-state index contributed by atoms with van der Waals surface area (Å²) >= 11 is 0. The van der Waals surface area contributed by atoms with Crippen LogP contribution in [0.4, 0.5) is 11.6 Å². The molecule has 1 aliphatic heterocycles. The zero-order chi connectivity index (χ0) is 22.5. The molecule has 1 aliphatic rings. The number of aromatic nitrogens is 4. The number of rotatable bonds is 6. The lowest BCUT2D eigenvalue weighted by Crippen LogP contribution is -2.49. The van der Waals surface area contributed by atoms with Gasteiger partial charge in [0.15, 0.2) is 5.82 Å². The smallest absolute Gasteiger partial charge is 0.224 e. The summed E-state index contributed by atoms with van der Waals surface area (Å²) in [6, 6.07) is 17.6. The highest BCUT2D eigenvalue weighted by Gasteiger charge is 2.21. The van der Waals surface area contributed by atoms with Crippen molar-refractivity contribution in [2.24, 2.45) is 0 Å². The van der Waals surface area contributed by atoms with E-state index in [0.29, 0.717) is 31.9 Å². The van der Waals surface area contributed by atoms with E-state index < -0.39 is 0 Å². The van der Waals surface area contributed by atoms with Crippen LogP contribution in [0.2, 0.25) is 0 Å². The van der Waals surface area contributed by atoms with Crippen molar-refractivity contribution in [3.05, 3.63) is 73.2 Å². The first-order valence-corrected chi connectivity index (χ1v) is 11.1. The number of benzene rings is 1. The quantitative estimate of drug-likeness (QED) is 0.493. The number of nitrogens with one attached hydrogen (secondary N) is 1. The molecule has 0 atom stereocenters. The Balaban J connectivity index is 1.22. The zero-order valence-electron chi connectivity index (χ0n) is 18.3. The maximum Gasteiger partial charge on any atom is 0.224 e. The van der Waals surface area contributed by atoms with Crippen LogP contribution in [0, 0.1) is 0 Å². The summed E-state index contributed by atoms with van der Waals surface area (Å²) in [5.74, 6) is 2.48. The number of para-hydroxylation sites is 1. The Morgan fingerprint density at radius 3 is 2.45 bits per heavy atom. The lowest BCUT2D eigenvalue weighted by molar-refractivity contribution is -0.131. The Labute approximate surface area is 192 Å². The summed E-state index contributed by atoms with van der Waals surface area (Å²) in [5.41, 5.74) is 1.76. The molecular weight excluding hydrogens is 414 g/mol. The zero-order valence-corrected chi connectivity index (χ0v) is 18.3. The normalized spacial score (nSPS) is 13.8. The average molecular weight is 440 g/mol. The van der Waals surface area contributed by atoms with Gasteiger partial charge >= 0.3 is 0 Å². The van der Waals surface area contributed by atoms with Crippen molar-refractivity contribution in [3.63, 3.8) is 0 Å². The molecule has 166 valence electrons. The number of nitrogens with zero attached hydrogens (tertiary/aromatic N) is 6. The maximum atomic E-state index is 12.8. The Bertz CT molecular complexity index is 1230. The predicted molar refractivity (Wildman–Crippen MR) is 129 cm³/mol. The van der Waals surface area contributed by atoms with Crippen LogP contribution < -0.4 is 10.2 Å². The molecule has 8 heteroatoms. The van der Waals surface area contributed by atoms with E-state index in [1.807, 2.05) is 59.5 Å². The molecule has 4 heterocycles. The molecule has 8 nitrogen and oxygen atoms in total. The molecule has 0 saturated carbocycles. The third-order valence-electron chi connectivity index (χ3n) is 5.78. The van der Waals surface area contributed by atoms with Crippen LogP contribution in [0.1, 0.15) is 6.42 Å². The van der Waals surface area contributed by atoms with Gasteiger partial charge in [-0.15, -0.1) is 0 Å². The standard InChI is InChI=1S/C25H25N7O/c33-23(32-17-15-31(16-18-32)22-7-3-4-11-27-22)10-14-28-25-20-5-1-2-6-21(20)29-24(30-25)19-8-12-26-13-9-19/h1-9,11-13H,10,14-18H2,(H,28,29,30). The first-order valence-electron chi connectivity index (χ1n) is 11.1. The molecule has 1 N–H and O–H groups in total. The second-order valence-corrected chi connectivity index (χ2v) is 7.88. The third kappa shape index (κ3) is 4.74. The van der Waals surface area contributed by atoms with E-state index >= 15 is 0 Å². The molecule has 0 aliphatic carbocycles. The van der Waals surface area contributed by atoms with Crippen molar-refractivity contribution < 1.29 is 4.79 Å². The first kappa shape index (κ1) is 20.8. The predicted octanol–water partition coefficient (Wildman–Crippen LogP) is 3.24. The number of anilines is 2. The van der Waals surface area contributed by atoms with Crippen LogP contribution in [-0.4, -0.2) is 63.5 Å². The fraction of sp³-hybridized carbons (Fsp3) is 0.240. The maximum absolute atomic E-state index is 12.8.